The molecular formula is C31H46N6O5S2. The average Bonchev–Trinajstić information content (AvgIpc) is 3.50. The molecule has 1 aromatic carbocycles. The number of piperidine rings is 1. The van der Waals surface area contributed by atoms with E-state index in [1.54, 1.807) is 13.3 Å². The van der Waals surface area contributed by atoms with Crippen LogP contribution in [0.2, 0.25) is 0 Å². The van der Waals surface area contributed by atoms with Gasteiger partial charge in [-0.1, -0.05) is 12.1 Å². The Morgan fingerprint density at radius 1 is 1.05 bits per heavy atom. The number of anilines is 1. The van der Waals surface area contributed by atoms with Crippen molar-refractivity contribution in [1.82, 2.24) is 24.5 Å². The topological polar surface area (TPSA) is 121 Å². The van der Waals surface area contributed by atoms with E-state index in [0.29, 0.717) is 30.0 Å². The normalized spacial score (nSPS) is 22.0. The summed E-state index contributed by atoms with van der Waals surface area (Å²) in [7, 11) is 0.451. The van der Waals surface area contributed by atoms with Crippen LogP contribution in [0.4, 0.5) is 5.82 Å². The maximum Gasteiger partial charge on any atom is 0.177 e. The van der Waals surface area contributed by atoms with Crippen LogP contribution in [0, 0.1) is 5.41 Å². The Labute approximate surface area is 265 Å². The second-order valence-electron chi connectivity index (χ2n) is 13.8. The number of hydrogen-bond donors (Lipinski definition) is 1. The quantitative estimate of drug-likeness (QED) is 0.363. The van der Waals surface area contributed by atoms with Gasteiger partial charge >= 0.3 is 0 Å². The third kappa shape index (κ3) is 7.01. The van der Waals surface area contributed by atoms with Crippen LogP contribution in [-0.4, -0.2) is 76.6 Å². The maximum atomic E-state index is 13.1. The minimum atomic E-state index is -1.52. The van der Waals surface area contributed by atoms with Gasteiger partial charge in [-0.05, 0) is 79.0 Å². The van der Waals surface area contributed by atoms with Crippen molar-refractivity contribution < 1.29 is 22.1 Å². The Bertz CT molecular complexity index is 1510. The van der Waals surface area contributed by atoms with Gasteiger partial charge in [0, 0.05) is 18.5 Å². The fourth-order valence-electron chi connectivity index (χ4n) is 5.69. The molecular weight excluding hydrogens is 601 g/mol. The molecule has 2 aliphatic heterocycles. The third-order valence-electron chi connectivity index (χ3n) is 8.42. The Kier molecular flexibility index (Phi) is 9.54. The highest BCUT2D eigenvalue weighted by molar-refractivity contribution is 7.84. The second-order valence-corrected chi connectivity index (χ2v) is 17.7. The van der Waals surface area contributed by atoms with E-state index in [1.807, 2.05) is 70.5 Å². The average molecular weight is 647 g/mol. The highest BCUT2D eigenvalue weighted by Crippen LogP contribution is 2.43. The van der Waals surface area contributed by atoms with Crippen LogP contribution in [0.25, 0.3) is 11.2 Å². The van der Waals surface area contributed by atoms with Crippen molar-refractivity contribution in [2.24, 2.45) is 5.41 Å². The molecule has 2 unspecified atom stereocenters. The van der Waals surface area contributed by atoms with Crippen LogP contribution >= 0.6 is 0 Å². The summed E-state index contributed by atoms with van der Waals surface area (Å²) in [5.74, 6) is 1.51. The summed E-state index contributed by atoms with van der Waals surface area (Å²) < 4.78 is 47.6. The molecule has 2 aliphatic rings. The van der Waals surface area contributed by atoms with Crippen LogP contribution in [0.3, 0.4) is 0 Å². The van der Waals surface area contributed by atoms with E-state index in [-0.39, 0.29) is 28.9 Å². The summed E-state index contributed by atoms with van der Waals surface area (Å²) in [5.41, 5.74) is 2.89. The smallest absolute Gasteiger partial charge is 0.177 e. The van der Waals surface area contributed by atoms with Gasteiger partial charge in [-0.25, -0.2) is 27.8 Å². The summed E-state index contributed by atoms with van der Waals surface area (Å²) in [4.78, 5) is 12.3. The highest BCUT2D eigenvalue weighted by atomic mass is 32.2. The SMILES string of the molecule is COc1ccc(Cn2ncc3nc(N4CCC5(CC4)CO[C@@H](C)[C@H]5NS(=O)C(C)(C)C)c(COS(=O)C(C)(C)C)nc32)cc1. The molecule has 11 nitrogen and oxygen atoms in total. The van der Waals surface area contributed by atoms with Crippen molar-refractivity contribution in [3.05, 3.63) is 41.7 Å². The maximum absolute atomic E-state index is 13.1. The van der Waals surface area contributed by atoms with Crippen molar-refractivity contribution in [1.29, 1.82) is 0 Å². The van der Waals surface area contributed by atoms with Crippen LogP contribution in [0.15, 0.2) is 30.5 Å². The van der Waals surface area contributed by atoms with Crippen LogP contribution in [0.5, 0.6) is 5.75 Å². The molecule has 4 atom stereocenters. The first kappa shape index (κ1) is 32.9. The molecule has 3 aromatic rings. The minimum absolute atomic E-state index is 0.00790. The second kappa shape index (κ2) is 12.7. The van der Waals surface area contributed by atoms with Crippen molar-refractivity contribution in [3.8, 4) is 5.75 Å². The summed E-state index contributed by atoms with van der Waals surface area (Å²) in [6.45, 7) is 16.3. The number of nitrogens with zero attached hydrogens (tertiary/aromatic N) is 5. The first-order valence-corrected chi connectivity index (χ1v) is 17.4. The van der Waals surface area contributed by atoms with Gasteiger partial charge in [-0.15, -0.1) is 0 Å². The van der Waals surface area contributed by atoms with Crippen LogP contribution in [0.1, 0.15) is 72.6 Å². The first-order valence-electron chi connectivity index (χ1n) is 15.2. The zero-order chi connectivity index (χ0) is 31.9. The van der Waals surface area contributed by atoms with Gasteiger partial charge in [-0.3, -0.25) is 4.18 Å². The van der Waals surface area contributed by atoms with Gasteiger partial charge in [0.05, 0.1) is 59.1 Å². The molecule has 1 spiro atoms. The number of nitrogens with one attached hydrogen (secondary N) is 1. The van der Waals surface area contributed by atoms with Crippen molar-refractivity contribution >= 4 is 39.0 Å². The summed E-state index contributed by atoms with van der Waals surface area (Å²) in [6, 6.07) is 7.84. The molecule has 2 aromatic heterocycles. The molecule has 0 amide bonds. The van der Waals surface area contributed by atoms with Crippen LogP contribution < -0.4 is 14.4 Å². The fraction of sp³-hybridized carbons (Fsp3) is 0.645. The number of rotatable bonds is 9. The molecule has 4 heterocycles. The van der Waals surface area contributed by atoms with Crippen LogP contribution in [-0.2, 0) is 44.1 Å². The number of aromatic nitrogens is 4. The van der Waals surface area contributed by atoms with Gasteiger partial charge in [-0.2, -0.15) is 5.10 Å². The van der Waals surface area contributed by atoms with E-state index in [2.05, 4.69) is 21.6 Å². The molecule has 0 aliphatic carbocycles. The molecule has 2 saturated heterocycles. The van der Waals surface area contributed by atoms with E-state index >= 15 is 0 Å². The molecule has 13 heteroatoms. The minimum Gasteiger partial charge on any atom is -0.497 e. The number of hydrogen-bond acceptors (Lipinski definition) is 9. The van der Waals surface area contributed by atoms with Gasteiger partial charge < -0.3 is 14.4 Å². The zero-order valence-electron chi connectivity index (χ0n) is 27.1. The highest BCUT2D eigenvalue weighted by Gasteiger charge is 2.50. The molecule has 1 N–H and O–H groups in total. The Balaban J connectivity index is 1.41. The van der Waals surface area contributed by atoms with E-state index < -0.39 is 26.8 Å². The van der Waals surface area contributed by atoms with E-state index in [4.69, 9.17) is 23.6 Å². The molecule has 242 valence electrons. The van der Waals surface area contributed by atoms with E-state index in [9.17, 15) is 8.42 Å². The summed E-state index contributed by atoms with van der Waals surface area (Å²) in [6.07, 6.45) is 3.41. The summed E-state index contributed by atoms with van der Waals surface area (Å²) >= 11 is -1.52. The lowest BCUT2D eigenvalue weighted by molar-refractivity contribution is 0.0973. The van der Waals surface area contributed by atoms with Gasteiger partial charge in [0.25, 0.3) is 0 Å². The van der Waals surface area contributed by atoms with E-state index in [1.165, 1.54) is 0 Å². The Morgan fingerprint density at radius 3 is 2.34 bits per heavy atom. The van der Waals surface area contributed by atoms with E-state index in [0.717, 1.165) is 43.1 Å². The monoisotopic (exact) mass is 646 g/mol. The zero-order valence-corrected chi connectivity index (χ0v) is 28.7. The molecule has 0 bridgehead atoms. The van der Waals surface area contributed by atoms with Gasteiger partial charge in [0.1, 0.15) is 23.6 Å². The Morgan fingerprint density at radius 2 is 1.73 bits per heavy atom. The van der Waals surface area contributed by atoms with Crippen molar-refractivity contribution in [2.75, 3.05) is 31.7 Å². The number of fused-ring (bicyclic) bond motifs is 1. The molecule has 2 fully saturated rings. The fourth-order valence-corrected chi connectivity index (χ4v) is 7.29. The van der Waals surface area contributed by atoms with Crippen molar-refractivity contribution in [2.45, 2.75) is 96.1 Å². The molecule has 0 radical (unpaired) electrons. The van der Waals surface area contributed by atoms with Gasteiger partial charge in [0.2, 0.25) is 0 Å². The lowest BCUT2D eigenvalue weighted by atomic mass is 9.73. The lowest BCUT2D eigenvalue weighted by Crippen LogP contribution is -2.55. The predicted molar refractivity (Wildman–Crippen MR) is 174 cm³/mol. The standard InChI is InChI=1S/C31H46N6O5S2/c1-21-26(35-43(38)29(2,3)4)31(20-41-21)13-15-36(16-14-31)27-25(19-42-44(39)30(5,6)7)34-28-24(33-27)17-32-37(28)18-22-9-11-23(40-8)12-10-22/h9-12,17,21,26,35H,13-16,18-20H2,1-8H3/t21-,26+,43?,44?/m0/s1. The number of ether oxygens (including phenoxy) is 2. The van der Waals surface area contributed by atoms with Crippen molar-refractivity contribution in [3.63, 3.8) is 0 Å². The predicted octanol–water partition coefficient (Wildman–Crippen LogP) is 4.29. The number of benzene rings is 1. The lowest BCUT2D eigenvalue weighted by Gasteiger charge is -2.43. The molecule has 5 rings (SSSR count). The third-order valence-corrected chi connectivity index (χ3v) is 11.3. The number of methoxy groups -OCH3 is 1. The molecule has 44 heavy (non-hydrogen) atoms. The summed E-state index contributed by atoms with van der Waals surface area (Å²) in [5, 5.41) is 4.61. The molecule has 0 saturated carbocycles. The van der Waals surface area contributed by atoms with Gasteiger partial charge in [0.15, 0.2) is 22.5 Å². The largest absolute Gasteiger partial charge is 0.497 e. The first-order chi connectivity index (χ1) is 20.7. The Hall–Kier alpha value is -2.45.